The van der Waals surface area contributed by atoms with E-state index in [1.165, 1.54) is 6.07 Å². The number of hydrogen-bond donors (Lipinski definition) is 0. The Morgan fingerprint density at radius 2 is 2.27 bits per heavy atom. The van der Waals surface area contributed by atoms with E-state index in [9.17, 15) is 10.1 Å². The Balaban J connectivity index is 2.78. The van der Waals surface area contributed by atoms with Crippen LogP contribution in [0.25, 0.3) is 0 Å². The number of hydrogen-bond acceptors (Lipinski definition) is 2. The van der Waals surface area contributed by atoms with E-state index in [-0.39, 0.29) is 11.1 Å². The summed E-state index contributed by atoms with van der Waals surface area (Å²) in [5, 5.41) is 10.7. The quantitative estimate of drug-likeness (QED) is 0.479. The molecule has 0 aromatic heterocycles. The second kappa shape index (κ2) is 5.47. The molecule has 82 valence electrons. The van der Waals surface area contributed by atoms with Crippen LogP contribution in [0.2, 0.25) is 0 Å². The molecule has 0 heterocycles. The zero-order valence-electron chi connectivity index (χ0n) is 8.24. The van der Waals surface area contributed by atoms with E-state index in [1.807, 2.05) is 6.92 Å². The molecule has 1 aromatic carbocycles. The highest BCUT2D eigenvalue weighted by molar-refractivity contribution is 9.10. The molecular formula is C10H11BrClNO2. The normalized spacial score (nSPS) is 12.5. The summed E-state index contributed by atoms with van der Waals surface area (Å²) in [4.78, 5) is 10.1. The SMILES string of the molecule is CC(Cl)CCc1ccc([N+](=O)[O-])c(Br)c1. The average molecular weight is 293 g/mol. The van der Waals surface area contributed by atoms with E-state index in [2.05, 4.69) is 15.9 Å². The molecule has 0 N–H and O–H groups in total. The third-order valence-corrected chi connectivity index (χ3v) is 2.89. The van der Waals surface area contributed by atoms with Gasteiger partial charge in [-0.3, -0.25) is 10.1 Å². The molecule has 0 fully saturated rings. The number of halogens is 2. The fraction of sp³-hybridized carbons (Fsp3) is 0.400. The summed E-state index contributed by atoms with van der Waals surface area (Å²) < 4.78 is 0.521. The van der Waals surface area contributed by atoms with Crippen LogP contribution in [0, 0.1) is 10.1 Å². The van der Waals surface area contributed by atoms with Gasteiger partial charge in [-0.15, -0.1) is 11.6 Å². The van der Waals surface area contributed by atoms with Crippen LogP contribution in [0.1, 0.15) is 18.9 Å². The lowest BCUT2D eigenvalue weighted by Crippen LogP contribution is -1.96. The number of rotatable bonds is 4. The van der Waals surface area contributed by atoms with Crippen molar-refractivity contribution in [3.63, 3.8) is 0 Å². The van der Waals surface area contributed by atoms with Gasteiger partial charge in [-0.25, -0.2) is 0 Å². The molecule has 1 unspecified atom stereocenters. The molecule has 0 amide bonds. The van der Waals surface area contributed by atoms with Crippen LogP contribution in [-0.2, 0) is 6.42 Å². The Morgan fingerprint density at radius 3 is 2.73 bits per heavy atom. The van der Waals surface area contributed by atoms with Crippen molar-refractivity contribution in [2.24, 2.45) is 0 Å². The number of aryl methyl sites for hydroxylation is 1. The summed E-state index contributed by atoms with van der Waals surface area (Å²) in [5.74, 6) is 0. The molecule has 0 aliphatic rings. The highest BCUT2D eigenvalue weighted by Crippen LogP contribution is 2.26. The minimum Gasteiger partial charge on any atom is -0.258 e. The Kier molecular flexibility index (Phi) is 4.54. The van der Waals surface area contributed by atoms with Crippen LogP contribution in [0.3, 0.4) is 0 Å². The van der Waals surface area contributed by atoms with Gasteiger partial charge in [0.2, 0.25) is 0 Å². The van der Waals surface area contributed by atoms with Crippen LogP contribution in [-0.4, -0.2) is 10.3 Å². The number of benzene rings is 1. The minimum atomic E-state index is -0.405. The first-order chi connectivity index (χ1) is 7.00. The topological polar surface area (TPSA) is 43.1 Å². The molecule has 15 heavy (non-hydrogen) atoms. The molecule has 1 rings (SSSR count). The fourth-order valence-electron chi connectivity index (χ4n) is 1.22. The van der Waals surface area contributed by atoms with Crippen molar-refractivity contribution < 1.29 is 4.92 Å². The van der Waals surface area contributed by atoms with Crippen molar-refractivity contribution in [3.05, 3.63) is 38.3 Å². The molecule has 0 spiro atoms. The van der Waals surface area contributed by atoms with Crippen molar-refractivity contribution in [1.29, 1.82) is 0 Å². The monoisotopic (exact) mass is 291 g/mol. The first kappa shape index (κ1) is 12.5. The second-order valence-corrected chi connectivity index (χ2v) is 4.96. The Bertz CT molecular complexity index is 368. The summed E-state index contributed by atoms with van der Waals surface area (Å²) in [6, 6.07) is 5.05. The molecule has 0 bridgehead atoms. The van der Waals surface area contributed by atoms with E-state index in [4.69, 9.17) is 11.6 Å². The number of nitro benzene ring substituents is 1. The molecule has 1 aromatic rings. The van der Waals surface area contributed by atoms with Crippen LogP contribution in [0.15, 0.2) is 22.7 Å². The van der Waals surface area contributed by atoms with E-state index < -0.39 is 4.92 Å². The van der Waals surface area contributed by atoms with E-state index in [1.54, 1.807) is 12.1 Å². The molecular weight excluding hydrogens is 281 g/mol. The summed E-state index contributed by atoms with van der Waals surface area (Å²) >= 11 is 9.01. The minimum absolute atomic E-state index is 0.0951. The molecule has 5 heteroatoms. The number of nitro groups is 1. The lowest BCUT2D eigenvalue weighted by Gasteiger charge is -2.04. The van der Waals surface area contributed by atoms with Crippen molar-refractivity contribution in [2.45, 2.75) is 25.1 Å². The first-order valence-corrected chi connectivity index (χ1v) is 5.80. The van der Waals surface area contributed by atoms with E-state index in [0.29, 0.717) is 4.47 Å². The number of alkyl halides is 1. The van der Waals surface area contributed by atoms with Gasteiger partial charge in [-0.2, -0.15) is 0 Å². The first-order valence-electron chi connectivity index (χ1n) is 4.57. The highest BCUT2D eigenvalue weighted by Gasteiger charge is 2.11. The van der Waals surface area contributed by atoms with Crippen molar-refractivity contribution in [2.75, 3.05) is 0 Å². The molecule has 0 radical (unpaired) electrons. The summed E-state index contributed by atoms with van der Waals surface area (Å²) in [7, 11) is 0. The van der Waals surface area contributed by atoms with Crippen molar-refractivity contribution in [1.82, 2.24) is 0 Å². The lowest BCUT2D eigenvalue weighted by molar-refractivity contribution is -0.385. The van der Waals surface area contributed by atoms with Gasteiger partial charge in [-0.1, -0.05) is 6.07 Å². The van der Waals surface area contributed by atoms with Gasteiger partial charge in [0.15, 0.2) is 0 Å². The maximum Gasteiger partial charge on any atom is 0.283 e. The molecule has 1 atom stereocenters. The fourth-order valence-corrected chi connectivity index (χ4v) is 1.90. The predicted octanol–water partition coefficient (Wildman–Crippen LogP) is 3.92. The maximum atomic E-state index is 10.6. The van der Waals surface area contributed by atoms with Gasteiger partial charge in [0, 0.05) is 11.4 Å². The smallest absolute Gasteiger partial charge is 0.258 e. The number of nitrogens with zero attached hydrogens (tertiary/aromatic N) is 1. The van der Waals surface area contributed by atoms with Gasteiger partial charge in [-0.05, 0) is 47.3 Å². The third-order valence-electron chi connectivity index (χ3n) is 2.04. The van der Waals surface area contributed by atoms with Crippen LogP contribution in [0.5, 0.6) is 0 Å². The van der Waals surface area contributed by atoms with E-state index >= 15 is 0 Å². The summed E-state index contributed by atoms with van der Waals surface area (Å²) in [6.45, 7) is 1.93. The lowest BCUT2D eigenvalue weighted by atomic mass is 10.1. The zero-order chi connectivity index (χ0) is 11.4. The van der Waals surface area contributed by atoms with Crippen LogP contribution >= 0.6 is 27.5 Å². The standard InChI is InChI=1S/C10H11BrClNO2/c1-7(12)2-3-8-4-5-10(13(14)15)9(11)6-8/h4-7H,2-3H2,1H3. The van der Waals surface area contributed by atoms with Crippen molar-refractivity contribution >= 4 is 33.2 Å². The van der Waals surface area contributed by atoms with Gasteiger partial charge >= 0.3 is 0 Å². The maximum absolute atomic E-state index is 10.6. The molecule has 0 aliphatic carbocycles. The molecule has 0 aliphatic heterocycles. The van der Waals surface area contributed by atoms with Gasteiger partial charge in [0.25, 0.3) is 5.69 Å². The molecule has 0 saturated carbocycles. The largest absolute Gasteiger partial charge is 0.283 e. The van der Waals surface area contributed by atoms with Gasteiger partial charge in [0.1, 0.15) is 0 Å². The van der Waals surface area contributed by atoms with Crippen LogP contribution < -0.4 is 0 Å². The van der Waals surface area contributed by atoms with Crippen LogP contribution in [0.4, 0.5) is 5.69 Å². The van der Waals surface area contributed by atoms with E-state index in [0.717, 1.165) is 18.4 Å². The van der Waals surface area contributed by atoms with Crippen molar-refractivity contribution in [3.8, 4) is 0 Å². The Labute approximate surface area is 102 Å². The van der Waals surface area contributed by atoms with Gasteiger partial charge < -0.3 is 0 Å². The third kappa shape index (κ3) is 3.80. The van der Waals surface area contributed by atoms with Gasteiger partial charge in [0.05, 0.1) is 9.40 Å². The average Bonchev–Trinajstić information content (AvgIpc) is 2.14. The summed E-state index contributed by atoms with van der Waals surface area (Å²) in [5.41, 5.74) is 1.15. The second-order valence-electron chi connectivity index (χ2n) is 3.36. The Morgan fingerprint density at radius 1 is 1.60 bits per heavy atom. The predicted molar refractivity (Wildman–Crippen MR) is 64.4 cm³/mol. The summed E-state index contributed by atoms with van der Waals surface area (Å²) in [6.07, 6.45) is 1.70. The molecule has 3 nitrogen and oxygen atoms in total. The Hall–Kier alpha value is -0.610. The highest BCUT2D eigenvalue weighted by atomic mass is 79.9. The zero-order valence-corrected chi connectivity index (χ0v) is 10.6. The molecule has 0 saturated heterocycles.